The SMILES string of the molecule is CC[C@H](C)[C@H](N)C(=O)Nc1ccc(OCC(=O)O)cc1. The summed E-state index contributed by atoms with van der Waals surface area (Å²) >= 11 is 0. The third-order valence-electron chi connectivity index (χ3n) is 3.04. The molecule has 0 radical (unpaired) electrons. The minimum Gasteiger partial charge on any atom is -0.482 e. The average molecular weight is 280 g/mol. The first kappa shape index (κ1) is 16.0. The highest BCUT2D eigenvalue weighted by molar-refractivity contribution is 5.94. The second kappa shape index (κ2) is 7.49. The first-order valence-electron chi connectivity index (χ1n) is 6.45. The Morgan fingerprint density at radius 1 is 1.35 bits per heavy atom. The van der Waals surface area contributed by atoms with E-state index in [-0.39, 0.29) is 11.8 Å². The Bertz CT molecular complexity index is 459. The van der Waals surface area contributed by atoms with Gasteiger partial charge >= 0.3 is 5.97 Å². The van der Waals surface area contributed by atoms with Crippen LogP contribution in [0.15, 0.2) is 24.3 Å². The number of carbonyl (C=O) groups excluding carboxylic acids is 1. The van der Waals surface area contributed by atoms with Crippen LogP contribution in [0.25, 0.3) is 0 Å². The lowest BCUT2D eigenvalue weighted by molar-refractivity contribution is -0.139. The van der Waals surface area contributed by atoms with Gasteiger partial charge in [-0.2, -0.15) is 0 Å². The summed E-state index contributed by atoms with van der Waals surface area (Å²) in [5, 5.41) is 11.2. The first-order valence-corrected chi connectivity index (χ1v) is 6.45. The van der Waals surface area contributed by atoms with Gasteiger partial charge in [-0.3, -0.25) is 4.79 Å². The molecule has 0 heterocycles. The quantitative estimate of drug-likeness (QED) is 0.702. The number of aliphatic carboxylic acids is 1. The summed E-state index contributed by atoms with van der Waals surface area (Å²) in [6.07, 6.45) is 0.830. The maximum Gasteiger partial charge on any atom is 0.341 e. The van der Waals surface area contributed by atoms with Crippen molar-refractivity contribution in [2.24, 2.45) is 11.7 Å². The fourth-order valence-corrected chi connectivity index (χ4v) is 1.52. The Morgan fingerprint density at radius 2 is 1.95 bits per heavy atom. The molecule has 0 saturated carbocycles. The van der Waals surface area contributed by atoms with Crippen molar-refractivity contribution in [3.63, 3.8) is 0 Å². The molecule has 20 heavy (non-hydrogen) atoms. The highest BCUT2D eigenvalue weighted by atomic mass is 16.5. The van der Waals surface area contributed by atoms with E-state index in [1.807, 2.05) is 13.8 Å². The van der Waals surface area contributed by atoms with Gasteiger partial charge in [-0.1, -0.05) is 20.3 Å². The molecule has 0 fully saturated rings. The number of hydrogen-bond acceptors (Lipinski definition) is 4. The van der Waals surface area contributed by atoms with Gasteiger partial charge in [0.25, 0.3) is 0 Å². The molecule has 0 aromatic heterocycles. The summed E-state index contributed by atoms with van der Waals surface area (Å²) in [5.41, 5.74) is 6.42. The Labute approximate surface area is 117 Å². The third kappa shape index (κ3) is 4.89. The van der Waals surface area contributed by atoms with Gasteiger partial charge in [0, 0.05) is 5.69 Å². The van der Waals surface area contributed by atoms with Gasteiger partial charge in [-0.15, -0.1) is 0 Å². The number of carboxylic acids is 1. The molecule has 0 aliphatic carbocycles. The van der Waals surface area contributed by atoms with Crippen LogP contribution in [0, 0.1) is 5.92 Å². The fourth-order valence-electron chi connectivity index (χ4n) is 1.52. The molecule has 0 unspecified atom stereocenters. The number of ether oxygens (including phenoxy) is 1. The second-order valence-electron chi connectivity index (χ2n) is 4.61. The van der Waals surface area contributed by atoms with Crippen molar-refractivity contribution < 1.29 is 19.4 Å². The van der Waals surface area contributed by atoms with Crippen molar-refractivity contribution in [1.29, 1.82) is 0 Å². The van der Waals surface area contributed by atoms with Gasteiger partial charge in [-0.05, 0) is 30.2 Å². The Kier molecular flexibility index (Phi) is 5.99. The van der Waals surface area contributed by atoms with Crippen molar-refractivity contribution in [2.45, 2.75) is 26.3 Å². The molecule has 1 amide bonds. The van der Waals surface area contributed by atoms with Crippen molar-refractivity contribution >= 4 is 17.6 Å². The van der Waals surface area contributed by atoms with E-state index in [4.69, 9.17) is 15.6 Å². The van der Waals surface area contributed by atoms with Crippen molar-refractivity contribution in [1.82, 2.24) is 0 Å². The topological polar surface area (TPSA) is 102 Å². The van der Waals surface area contributed by atoms with E-state index in [0.717, 1.165) is 6.42 Å². The highest BCUT2D eigenvalue weighted by Gasteiger charge is 2.19. The second-order valence-corrected chi connectivity index (χ2v) is 4.61. The third-order valence-corrected chi connectivity index (χ3v) is 3.04. The van der Waals surface area contributed by atoms with Crippen molar-refractivity contribution in [3.05, 3.63) is 24.3 Å². The molecule has 1 rings (SSSR count). The number of rotatable bonds is 7. The van der Waals surface area contributed by atoms with E-state index in [1.54, 1.807) is 24.3 Å². The number of benzene rings is 1. The lowest BCUT2D eigenvalue weighted by atomic mass is 9.99. The molecule has 1 aromatic rings. The molecule has 6 heteroatoms. The van der Waals surface area contributed by atoms with E-state index in [1.165, 1.54) is 0 Å². The summed E-state index contributed by atoms with van der Waals surface area (Å²) in [6.45, 7) is 3.50. The normalized spacial score (nSPS) is 13.3. The van der Waals surface area contributed by atoms with Crippen LogP contribution in [0.5, 0.6) is 5.75 Å². The minimum absolute atomic E-state index is 0.105. The van der Waals surface area contributed by atoms with Crippen molar-refractivity contribution in [3.8, 4) is 5.75 Å². The molecule has 1 aromatic carbocycles. The molecule has 4 N–H and O–H groups in total. The summed E-state index contributed by atoms with van der Waals surface area (Å²) < 4.78 is 4.99. The summed E-state index contributed by atoms with van der Waals surface area (Å²) in [4.78, 5) is 22.2. The first-order chi connectivity index (χ1) is 9.43. The maximum absolute atomic E-state index is 11.9. The van der Waals surface area contributed by atoms with Crippen LogP contribution in [0.4, 0.5) is 5.69 Å². The zero-order valence-electron chi connectivity index (χ0n) is 11.6. The molecule has 0 spiro atoms. The predicted molar refractivity (Wildman–Crippen MR) is 75.6 cm³/mol. The number of amides is 1. The van der Waals surface area contributed by atoms with Gasteiger partial charge in [0.15, 0.2) is 6.61 Å². The molecular formula is C14H20N2O4. The minimum atomic E-state index is -1.04. The Morgan fingerprint density at radius 3 is 2.45 bits per heavy atom. The largest absolute Gasteiger partial charge is 0.482 e. The number of anilines is 1. The zero-order chi connectivity index (χ0) is 15.1. The molecule has 6 nitrogen and oxygen atoms in total. The van der Waals surface area contributed by atoms with E-state index < -0.39 is 18.6 Å². The maximum atomic E-state index is 11.9. The molecular weight excluding hydrogens is 260 g/mol. The summed E-state index contributed by atoms with van der Waals surface area (Å²) in [6, 6.07) is 5.90. The number of hydrogen-bond donors (Lipinski definition) is 3. The molecule has 0 aliphatic heterocycles. The van der Waals surface area contributed by atoms with E-state index in [9.17, 15) is 9.59 Å². The van der Waals surface area contributed by atoms with Crippen molar-refractivity contribution in [2.75, 3.05) is 11.9 Å². The van der Waals surface area contributed by atoms with Crippen LogP contribution in [-0.4, -0.2) is 29.6 Å². The average Bonchev–Trinajstić information content (AvgIpc) is 2.44. The van der Waals surface area contributed by atoms with Gasteiger partial charge in [0.05, 0.1) is 6.04 Å². The molecule has 0 aliphatic rings. The molecule has 0 bridgehead atoms. The van der Waals surface area contributed by atoms with Gasteiger partial charge in [0.2, 0.25) is 5.91 Å². The smallest absolute Gasteiger partial charge is 0.341 e. The van der Waals surface area contributed by atoms with E-state index >= 15 is 0 Å². The predicted octanol–water partition coefficient (Wildman–Crippen LogP) is 1.46. The number of carbonyl (C=O) groups is 2. The fraction of sp³-hybridized carbons (Fsp3) is 0.429. The summed E-state index contributed by atoms with van der Waals surface area (Å²) in [7, 11) is 0. The Hall–Kier alpha value is -2.08. The van der Waals surface area contributed by atoms with Crippen LogP contribution < -0.4 is 15.8 Å². The van der Waals surface area contributed by atoms with Gasteiger partial charge in [-0.25, -0.2) is 4.79 Å². The van der Waals surface area contributed by atoms with E-state index in [2.05, 4.69) is 5.32 Å². The van der Waals surface area contributed by atoms with Crippen LogP contribution in [-0.2, 0) is 9.59 Å². The number of nitrogens with two attached hydrogens (primary N) is 1. The Balaban J connectivity index is 2.56. The van der Waals surface area contributed by atoms with Crippen LogP contribution in [0.3, 0.4) is 0 Å². The molecule has 110 valence electrons. The van der Waals surface area contributed by atoms with Gasteiger partial charge < -0.3 is 20.9 Å². The monoisotopic (exact) mass is 280 g/mol. The van der Waals surface area contributed by atoms with Gasteiger partial charge in [0.1, 0.15) is 5.75 Å². The lowest BCUT2D eigenvalue weighted by Crippen LogP contribution is -2.40. The number of nitrogens with one attached hydrogen (secondary N) is 1. The van der Waals surface area contributed by atoms with E-state index in [0.29, 0.717) is 11.4 Å². The van der Waals surface area contributed by atoms with Crippen LogP contribution in [0.2, 0.25) is 0 Å². The standard InChI is InChI=1S/C14H20N2O4/c1-3-9(2)13(15)14(19)16-10-4-6-11(7-5-10)20-8-12(17)18/h4-7,9,13H,3,8,15H2,1-2H3,(H,16,19)(H,17,18)/t9-,13-/m0/s1. The zero-order valence-corrected chi connectivity index (χ0v) is 11.6. The lowest BCUT2D eigenvalue weighted by Gasteiger charge is -2.17. The van der Waals surface area contributed by atoms with Crippen LogP contribution in [0.1, 0.15) is 20.3 Å². The molecule has 2 atom stereocenters. The highest BCUT2D eigenvalue weighted by Crippen LogP contribution is 2.16. The van der Waals surface area contributed by atoms with Crippen LogP contribution >= 0.6 is 0 Å². The number of carboxylic acid groups (broad SMARTS) is 1. The molecule has 0 saturated heterocycles. The summed E-state index contributed by atoms with van der Waals surface area (Å²) in [5.74, 6) is -0.745.